The van der Waals surface area contributed by atoms with Crippen LogP contribution in [-0.2, 0) is 11.3 Å². The number of hydrogen-bond donors (Lipinski definition) is 1. The number of amides is 2. The van der Waals surface area contributed by atoms with E-state index >= 15 is 0 Å². The zero-order valence-corrected chi connectivity index (χ0v) is 19.3. The first-order valence-electron chi connectivity index (χ1n) is 11.5. The van der Waals surface area contributed by atoms with E-state index in [1.807, 2.05) is 35.2 Å². The Labute approximate surface area is 203 Å². The number of primary amides is 1. The minimum absolute atomic E-state index is 0.00637. The maximum absolute atomic E-state index is 11.8. The molecule has 0 unspecified atom stereocenters. The van der Waals surface area contributed by atoms with Crippen LogP contribution in [0.4, 0.5) is 0 Å². The summed E-state index contributed by atoms with van der Waals surface area (Å²) < 4.78 is 1.68. The van der Waals surface area contributed by atoms with Gasteiger partial charge in [0.1, 0.15) is 11.4 Å². The summed E-state index contributed by atoms with van der Waals surface area (Å²) in [7, 11) is 0. The number of benzene rings is 2. The number of fused-ring (bicyclic) bond motifs is 1. The van der Waals surface area contributed by atoms with Gasteiger partial charge < -0.3 is 10.6 Å². The second kappa shape index (κ2) is 9.52. The predicted molar refractivity (Wildman–Crippen MR) is 134 cm³/mol. The first-order valence-corrected chi connectivity index (χ1v) is 11.5. The van der Waals surface area contributed by atoms with E-state index in [-0.39, 0.29) is 11.6 Å². The van der Waals surface area contributed by atoms with Gasteiger partial charge in [0.05, 0.1) is 5.69 Å². The van der Waals surface area contributed by atoms with E-state index < -0.39 is 5.91 Å². The Morgan fingerprint density at radius 2 is 1.63 bits per heavy atom. The lowest BCUT2D eigenvalue weighted by molar-refractivity contribution is -0.127. The number of imidazole rings is 1. The Hall–Kier alpha value is -4.30. The highest BCUT2D eigenvalue weighted by Crippen LogP contribution is 2.32. The summed E-state index contributed by atoms with van der Waals surface area (Å²) in [4.78, 5) is 32.5. The van der Waals surface area contributed by atoms with Crippen molar-refractivity contribution in [1.29, 1.82) is 0 Å². The number of nitrogens with zero attached hydrogens (tertiary/aromatic N) is 5. The Morgan fingerprint density at radius 1 is 0.914 bits per heavy atom. The van der Waals surface area contributed by atoms with Crippen LogP contribution in [-0.4, -0.2) is 62.4 Å². The van der Waals surface area contributed by atoms with Crippen LogP contribution >= 0.6 is 0 Å². The number of piperazine rings is 1. The summed E-state index contributed by atoms with van der Waals surface area (Å²) in [6, 6.07) is 21.6. The number of carbonyl (C=O) groups excluding carboxylic acids is 2. The highest BCUT2D eigenvalue weighted by Gasteiger charge is 2.20. The molecule has 2 aromatic carbocycles. The molecule has 2 amide bonds. The van der Waals surface area contributed by atoms with Crippen molar-refractivity contribution < 1.29 is 9.59 Å². The molecule has 8 nitrogen and oxygen atoms in total. The average molecular weight is 467 g/mol. The Morgan fingerprint density at radius 3 is 2.29 bits per heavy atom. The molecule has 8 heteroatoms. The van der Waals surface area contributed by atoms with Gasteiger partial charge in [-0.15, -0.1) is 0 Å². The van der Waals surface area contributed by atoms with E-state index in [0.29, 0.717) is 18.7 Å². The average Bonchev–Trinajstić information content (AvgIpc) is 3.28. The van der Waals surface area contributed by atoms with Crippen molar-refractivity contribution in [3.63, 3.8) is 0 Å². The van der Waals surface area contributed by atoms with E-state index in [2.05, 4.69) is 40.8 Å². The summed E-state index contributed by atoms with van der Waals surface area (Å²) in [6.45, 7) is 7.48. The van der Waals surface area contributed by atoms with Crippen molar-refractivity contribution in [2.45, 2.75) is 6.54 Å². The van der Waals surface area contributed by atoms with E-state index in [0.717, 1.165) is 42.1 Å². The summed E-state index contributed by atoms with van der Waals surface area (Å²) in [5.41, 5.74) is 11.0. The minimum atomic E-state index is -0.583. The second-order valence-electron chi connectivity index (χ2n) is 8.53. The fourth-order valence-corrected chi connectivity index (χ4v) is 4.40. The Kier molecular flexibility index (Phi) is 6.12. The molecule has 2 aromatic heterocycles. The minimum Gasteiger partial charge on any atom is -0.364 e. The molecule has 5 rings (SSSR count). The molecule has 1 aliphatic heterocycles. The van der Waals surface area contributed by atoms with Crippen molar-refractivity contribution in [1.82, 2.24) is 24.4 Å². The van der Waals surface area contributed by atoms with Gasteiger partial charge in [0.2, 0.25) is 5.91 Å². The molecule has 4 aromatic rings. The zero-order chi connectivity index (χ0) is 24.4. The van der Waals surface area contributed by atoms with Crippen LogP contribution in [0.5, 0.6) is 0 Å². The first kappa shape index (κ1) is 22.5. The molecular formula is C27H26N6O2. The third kappa shape index (κ3) is 4.56. The van der Waals surface area contributed by atoms with Crippen molar-refractivity contribution >= 4 is 17.5 Å². The molecule has 1 saturated heterocycles. The summed E-state index contributed by atoms with van der Waals surface area (Å²) >= 11 is 0. The van der Waals surface area contributed by atoms with Gasteiger partial charge in [-0.25, -0.2) is 9.50 Å². The largest absolute Gasteiger partial charge is 0.364 e. The normalized spacial score (nSPS) is 14.2. The summed E-state index contributed by atoms with van der Waals surface area (Å²) in [5.74, 6) is -0.590. The Balaban J connectivity index is 1.43. The van der Waals surface area contributed by atoms with Crippen molar-refractivity contribution in [2.24, 2.45) is 5.73 Å². The highest BCUT2D eigenvalue weighted by molar-refractivity contribution is 5.91. The lowest BCUT2D eigenvalue weighted by Gasteiger charge is -2.34. The number of aromatic nitrogens is 3. The second-order valence-corrected chi connectivity index (χ2v) is 8.53. The molecule has 0 spiro atoms. The molecule has 0 atom stereocenters. The third-order valence-corrected chi connectivity index (χ3v) is 6.27. The Bertz CT molecular complexity index is 1390. The van der Waals surface area contributed by atoms with Crippen LogP contribution in [0.15, 0.2) is 79.4 Å². The molecule has 176 valence electrons. The van der Waals surface area contributed by atoms with Gasteiger partial charge in [0.15, 0.2) is 5.65 Å². The molecule has 0 bridgehead atoms. The quantitative estimate of drug-likeness (QED) is 0.441. The van der Waals surface area contributed by atoms with Crippen LogP contribution in [0.1, 0.15) is 16.1 Å². The summed E-state index contributed by atoms with van der Waals surface area (Å²) in [6.07, 6.45) is 1.38. The van der Waals surface area contributed by atoms with Gasteiger partial charge in [0.25, 0.3) is 5.91 Å². The maximum Gasteiger partial charge on any atom is 0.269 e. The number of rotatable bonds is 6. The molecule has 1 aliphatic rings. The van der Waals surface area contributed by atoms with Gasteiger partial charge in [-0.05, 0) is 23.8 Å². The van der Waals surface area contributed by atoms with Crippen molar-refractivity contribution in [3.8, 4) is 22.5 Å². The van der Waals surface area contributed by atoms with Crippen molar-refractivity contribution in [3.05, 3.63) is 90.6 Å². The number of carbonyl (C=O) groups is 2. The fraction of sp³-hybridized carbons (Fsp3) is 0.185. The molecule has 1 fully saturated rings. The molecular weight excluding hydrogens is 440 g/mol. The van der Waals surface area contributed by atoms with Crippen molar-refractivity contribution in [2.75, 3.05) is 26.2 Å². The topological polar surface area (TPSA) is 96.8 Å². The van der Waals surface area contributed by atoms with Gasteiger partial charge >= 0.3 is 0 Å². The van der Waals surface area contributed by atoms with Gasteiger partial charge in [-0.3, -0.25) is 14.5 Å². The lowest BCUT2D eigenvalue weighted by atomic mass is 10.0. The zero-order valence-electron chi connectivity index (χ0n) is 19.3. The van der Waals surface area contributed by atoms with Crippen LogP contribution in [0.3, 0.4) is 0 Å². The highest BCUT2D eigenvalue weighted by atomic mass is 16.2. The third-order valence-electron chi connectivity index (χ3n) is 6.27. The molecule has 0 aliphatic carbocycles. The van der Waals surface area contributed by atoms with E-state index in [1.165, 1.54) is 11.6 Å². The van der Waals surface area contributed by atoms with Gasteiger partial charge in [-0.1, -0.05) is 61.2 Å². The smallest absolute Gasteiger partial charge is 0.269 e. The monoisotopic (exact) mass is 466 g/mol. The van der Waals surface area contributed by atoms with E-state index in [9.17, 15) is 9.59 Å². The lowest BCUT2D eigenvalue weighted by Crippen LogP contribution is -2.47. The van der Waals surface area contributed by atoms with E-state index in [4.69, 9.17) is 10.7 Å². The van der Waals surface area contributed by atoms with Crippen LogP contribution < -0.4 is 5.73 Å². The molecule has 3 heterocycles. The SMILES string of the molecule is C=CC(=O)N1CCN(Cc2ccc(-c3nc4ccc(C(N)=O)nn4c3-c3ccccc3)cc2)CC1. The van der Waals surface area contributed by atoms with Crippen LogP contribution in [0.2, 0.25) is 0 Å². The van der Waals surface area contributed by atoms with Crippen LogP contribution in [0.25, 0.3) is 28.2 Å². The maximum atomic E-state index is 11.8. The van der Waals surface area contributed by atoms with Crippen LogP contribution in [0, 0.1) is 0 Å². The van der Waals surface area contributed by atoms with Gasteiger partial charge in [0, 0.05) is 43.9 Å². The van der Waals surface area contributed by atoms with E-state index in [1.54, 1.807) is 16.6 Å². The number of hydrogen-bond acceptors (Lipinski definition) is 5. The van der Waals surface area contributed by atoms with Gasteiger partial charge in [-0.2, -0.15) is 5.10 Å². The molecule has 2 N–H and O–H groups in total. The molecule has 0 saturated carbocycles. The molecule has 0 radical (unpaired) electrons. The fourth-order valence-electron chi connectivity index (χ4n) is 4.40. The first-order chi connectivity index (χ1) is 17.0. The predicted octanol–water partition coefficient (Wildman–Crippen LogP) is 2.99. The number of nitrogens with two attached hydrogens (primary N) is 1. The standard InChI is InChI=1S/C27H26N6O2/c1-2-24(34)32-16-14-31(15-17-32)18-19-8-10-20(11-9-19)25-26(21-6-4-3-5-7-21)33-23(29-25)13-12-22(30-33)27(28)35/h2-13H,1,14-18H2,(H2,28,35). The summed E-state index contributed by atoms with van der Waals surface area (Å²) in [5, 5.41) is 4.46. The molecule has 35 heavy (non-hydrogen) atoms.